The number of hydrogen-bond acceptors (Lipinski definition) is 1. The van der Waals surface area contributed by atoms with Crippen molar-refractivity contribution in [2.75, 3.05) is 0 Å². The van der Waals surface area contributed by atoms with Gasteiger partial charge in [-0.15, -0.1) is 0 Å². The molecule has 0 spiro atoms. The maximum atomic E-state index is 12.4. The van der Waals surface area contributed by atoms with Crippen LogP contribution in [0.5, 0.6) is 0 Å². The van der Waals surface area contributed by atoms with E-state index >= 15 is 0 Å². The largest absolute Gasteiger partial charge is 0.354 e. The third-order valence-electron chi connectivity index (χ3n) is 1.11. The molecule has 1 aromatic heterocycles. The van der Waals surface area contributed by atoms with Gasteiger partial charge in [-0.05, 0) is 12.1 Å². The lowest BCUT2D eigenvalue weighted by Crippen LogP contribution is -2.47. The van der Waals surface area contributed by atoms with E-state index < -0.39 is 5.95 Å². The molecular weight excluding hydrogens is 119 g/mol. The maximum absolute atomic E-state index is 12.4. The second kappa shape index (κ2) is 2.55. The molecule has 3 heteroatoms. The minimum Gasteiger partial charge on any atom is -0.354 e. The van der Waals surface area contributed by atoms with Crippen LogP contribution >= 0.6 is 0 Å². The standard InChI is InChI=1S/C6H7FN2/c7-6-5(4-8)2-1-3-9-6/h1-3H,4,8H2/p+1. The van der Waals surface area contributed by atoms with Crippen LogP contribution in [-0.2, 0) is 6.54 Å². The molecule has 2 nitrogen and oxygen atoms in total. The molecule has 0 saturated carbocycles. The normalized spacial score (nSPS) is 9.56. The Hall–Kier alpha value is -0.960. The smallest absolute Gasteiger partial charge is 0.221 e. The van der Waals surface area contributed by atoms with Gasteiger partial charge in [0.05, 0.1) is 5.56 Å². The molecule has 0 fully saturated rings. The molecular formula is C6H8FN2+. The van der Waals surface area contributed by atoms with Crippen molar-refractivity contribution in [3.8, 4) is 0 Å². The summed E-state index contributed by atoms with van der Waals surface area (Å²) in [6, 6.07) is 3.37. The second-order valence-corrected chi connectivity index (χ2v) is 1.70. The zero-order chi connectivity index (χ0) is 6.69. The SMILES string of the molecule is [NH3+]Cc1cccnc1F. The number of quaternary nitrogens is 1. The fraction of sp³-hybridized carbons (Fsp3) is 0.167. The topological polar surface area (TPSA) is 40.5 Å². The molecule has 9 heavy (non-hydrogen) atoms. The Bertz CT molecular complexity index is 200. The number of pyridine rings is 1. The van der Waals surface area contributed by atoms with Gasteiger partial charge in [0.25, 0.3) is 0 Å². The molecule has 0 aliphatic heterocycles. The Labute approximate surface area is 52.5 Å². The first kappa shape index (κ1) is 6.16. The van der Waals surface area contributed by atoms with Crippen molar-refractivity contribution >= 4 is 0 Å². The average molecular weight is 127 g/mol. The molecule has 1 aromatic rings. The van der Waals surface area contributed by atoms with Gasteiger partial charge in [-0.3, -0.25) is 0 Å². The highest BCUT2D eigenvalue weighted by Gasteiger charge is 1.98. The van der Waals surface area contributed by atoms with Crippen LogP contribution < -0.4 is 5.73 Å². The molecule has 3 N–H and O–H groups in total. The predicted octanol–water partition coefficient (Wildman–Crippen LogP) is -0.0374. The van der Waals surface area contributed by atoms with E-state index in [0.29, 0.717) is 12.1 Å². The van der Waals surface area contributed by atoms with Crippen molar-refractivity contribution in [2.45, 2.75) is 6.54 Å². The quantitative estimate of drug-likeness (QED) is 0.528. The van der Waals surface area contributed by atoms with Crippen molar-refractivity contribution in [1.82, 2.24) is 4.98 Å². The van der Waals surface area contributed by atoms with Crippen molar-refractivity contribution in [1.29, 1.82) is 0 Å². The number of nitrogens with zero attached hydrogens (tertiary/aromatic N) is 1. The van der Waals surface area contributed by atoms with Crippen molar-refractivity contribution < 1.29 is 10.1 Å². The predicted molar refractivity (Wildman–Crippen MR) is 30.8 cm³/mol. The molecule has 0 unspecified atom stereocenters. The van der Waals surface area contributed by atoms with E-state index in [0.717, 1.165) is 0 Å². The summed E-state index contributed by atoms with van der Waals surface area (Å²) in [5, 5.41) is 0. The van der Waals surface area contributed by atoms with E-state index in [4.69, 9.17) is 0 Å². The van der Waals surface area contributed by atoms with Gasteiger partial charge in [0.1, 0.15) is 6.54 Å². The Kier molecular flexibility index (Phi) is 1.75. The minimum atomic E-state index is -0.410. The second-order valence-electron chi connectivity index (χ2n) is 1.70. The van der Waals surface area contributed by atoms with E-state index in [1.807, 2.05) is 0 Å². The molecule has 1 heterocycles. The molecule has 0 saturated heterocycles. The van der Waals surface area contributed by atoms with E-state index in [9.17, 15) is 4.39 Å². The zero-order valence-electron chi connectivity index (χ0n) is 4.97. The molecule has 48 valence electrons. The first-order valence-corrected chi connectivity index (χ1v) is 2.73. The van der Waals surface area contributed by atoms with Crippen LogP contribution in [0.1, 0.15) is 5.56 Å². The molecule has 0 aliphatic rings. The molecule has 0 amide bonds. The van der Waals surface area contributed by atoms with Gasteiger partial charge < -0.3 is 5.73 Å². The van der Waals surface area contributed by atoms with Crippen molar-refractivity contribution in [2.24, 2.45) is 0 Å². The van der Waals surface area contributed by atoms with Crippen LogP contribution in [0.25, 0.3) is 0 Å². The average Bonchev–Trinajstić information content (AvgIpc) is 1.89. The van der Waals surface area contributed by atoms with E-state index in [1.54, 1.807) is 12.1 Å². The third kappa shape index (κ3) is 1.23. The van der Waals surface area contributed by atoms with Gasteiger partial charge in [0, 0.05) is 6.20 Å². The molecule has 0 aliphatic carbocycles. The van der Waals surface area contributed by atoms with Crippen LogP contribution in [0, 0.1) is 5.95 Å². The molecule has 0 atom stereocenters. The van der Waals surface area contributed by atoms with Gasteiger partial charge in [-0.2, -0.15) is 4.39 Å². The van der Waals surface area contributed by atoms with Gasteiger partial charge in [0.2, 0.25) is 5.95 Å². The van der Waals surface area contributed by atoms with E-state index in [1.165, 1.54) is 6.20 Å². The molecule has 0 aromatic carbocycles. The van der Waals surface area contributed by atoms with E-state index in [-0.39, 0.29) is 0 Å². The summed E-state index contributed by atoms with van der Waals surface area (Å²) >= 11 is 0. The van der Waals surface area contributed by atoms with Crippen LogP contribution in [0.15, 0.2) is 18.3 Å². The summed E-state index contributed by atoms with van der Waals surface area (Å²) in [5.41, 5.74) is 4.10. The number of halogens is 1. The summed E-state index contributed by atoms with van der Waals surface area (Å²) in [5.74, 6) is -0.410. The summed E-state index contributed by atoms with van der Waals surface area (Å²) in [4.78, 5) is 3.44. The zero-order valence-corrected chi connectivity index (χ0v) is 4.97. The van der Waals surface area contributed by atoms with Gasteiger partial charge >= 0.3 is 0 Å². The lowest BCUT2D eigenvalue weighted by molar-refractivity contribution is -0.387. The van der Waals surface area contributed by atoms with Crippen LogP contribution in [-0.4, -0.2) is 4.98 Å². The van der Waals surface area contributed by atoms with Gasteiger partial charge in [-0.25, -0.2) is 4.98 Å². The first-order chi connectivity index (χ1) is 4.34. The molecule has 1 rings (SSSR count). The Balaban J connectivity index is 3.01. The molecule has 0 radical (unpaired) electrons. The third-order valence-corrected chi connectivity index (χ3v) is 1.11. The van der Waals surface area contributed by atoms with Gasteiger partial charge in [-0.1, -0.05) is 0 Å². The van der Waals surface area contributed by atoms with Crippen LogP contribution in [0.4, 0.5) is 4.39 Å². The molecule has 0 bridgehead atoms. The van der Waals surface area contributed by atoms with E-state index in [2.05, 4.69) is 10.7 Å². The summed E-state index contributed by atoms with van der Waals surface area (Å²) in [6.45, 7) is 0.458. The highest BCUT2D eigenvalue weighted by Crippen LogP contribution is 1.98. The summed E-state index contributed by atoms with van der Waals surface area (Å²) in [6.07, 6.45) is 1.43. The maximum Gasteiger partial charge on any atom is 0.221 e. The highest BCUT2D eigenvalue weighted by atomic mass is 19.1. The highest BCUT2D eigenvalue weighted by molar-refractivity contribution is 5.08. The Morgan fingerprint density at radius 1 is 1.67 bits per heavy atom. The van der Waals surface area contributed by atoms with Crippen molar-refractivity contribution in [3.05, 3.63) is 29.8 Å². The first-order valence-electron chi connectivity index (χ1n) is 2.73. The minimum absolute atomic E-state index is 0.410. The fourth-order valence-corrected chi connectivity index (χ4v) is 0.606. The summed E-state index contributed by atoms with van der Waals surface area (Å²) < 4.78 is 12.4. The Morgan fingerprint density at radius 3 is 2.89 bits per heavy atom. The van der Waals surface area contributed by atoms with Crippen LogP contribution in [0.3, 0.4) is 0 Å². The number of aromatic nitrogens is 1. The summed E-state index contributed by atoms with van der Waals surface area (Å²) in [7, 11) is 0. The lowest BCUT2D eigenvalue weighted by atomic mass is 10.3. The number of hydrogen-bond donors (Lipinski definition) is 1. The van der Waals surface area contributed by atoms with Gasteiger partial charge in [0.15, 0.2) is 0 Å². The van der Waals surface area contributed by atoms with Crippen molar-refractivity contribution in [3.63, 3.8) is 0 Å². The fourth-order valence-electron chi connectivity index (χ4n) is 0.606. The monoisotopic (exact) mass is 127 g/mol. The lowest BCUT2D eigenvalue weighted by Gasteiger charge is -1.91. The van der Waals surface area contributed by atoms with Crippen LogP contribution in [0.2, 0.25) is 0 Å². The Morgan fingerprint density at radius 2 is 2.44 bits per heavy atom. The number of rotatable bonds is 1.